The topological polar surface area (TPSA) is 59.8 Å². The Balaban J connectivity index is 1.40. The van der Waals surface area contributed by atoms with E-state index in [0.717, 1.165) is 32.2 Å². The van der Waals surface area contributed by atoms with Crippen molar-refractivity contribution in [2.45, 2.75) is 25.0 Å². The van der Waals surface area contributed by atoms with E-state index in [1.165, 1.54) is 12.8 Å². The van der Waals surface area contributed by atoms with Crippen LogP contribution in [0.15, 0.2) is 18.5 Å². The van der Waals surface area contributed by atoms with Gasteiger partial charge in [-0.15, -0.1) is 0 Å². The van der Waals surface area contributed by atoms with Crippen molar-refractivity contribution in [1.82, 2.24) is 19.6 Å². The summed E-state index contributed by atoms with van der Waals surface area (Å²) in [5.74, 6) is 0.945. The van der Waals surface area contributed by atoms with Crippen LogP contribution < -0.4 is 0 Å². The lowest BCUT2D eigenvalue weighted by Gasteiger charge is -2.43. The van der Waals surface area contributed by atoms with Crippen LogP contribution in [0.25, 0.3) is 0 Å². The van der Waals surface area contributed by atoms with Crippen molar-refractivity contribution in [3.8, 4) is 0 Å². The summed E-state index contributed by atoms with van der Waals surface area (Å²) >= 11 is 0. The van der Waals surface area contributed by atoms with Crippen LogP contribution >= 0.6 is 0 Å². The minimum Gasteiger partial charge on any atom is -0.377 e. The summed E-state index contributed by atoms with van der Waals surface area (Å²) in [6, 6.07) is 1.84. The Bertz CT molecular complexity index is 560. The van der Waals surface area contributed by atoms with Gasteiger partial charge in [-0.2, -0.15) is 5.10 Å². The van der Waals surface area contributed by atoms with Crippen LogP contribution in [0.2, 0.25) is 0 Å². The van der Waals surface area contributed by atoms with Gasteiger partial charge in [0.05, 0.1) is 26.4 Å². The van der Waals surface area contributed by atoms with Crippen molar-refractivity contribution in [1.29, 1.82) is 0 Å². The van der Waals surface area contributed by atoms with Gasteiger partial charge in [0.25, 0.3) is 0 Å². The van der Waals surface area contributed by atoms with E-state index in [2.05, 4.69) is 10.00 Å². The van der Waals surface area contributed by atoms with Gasteiger partial charge in [-0.1, -0.05) is 0 Å². The van der Waals surface area contributed by atoms with E-state index in [1.807, 2.05) is 17.2 Å². The number of ether oxygens (including phenoxy) is 2. The van der Waals surface area contributed by atoms with E-state index in [0.29, 0.717) is 26.3 Å². The molecule has 0 bridgehead atoms. The van der Waals surface area contributed by atoms with E-state index >= 15 is 0 Å². The molecule has 3 heterocycles. The number of rotatable bonds is 4. The van der Waals surface area contributed by atoms with Crippen molar-refractivity contribution in [3.05, 3.63) is 18.5 Å². The van der Waals surface area contributed by atoms with E-state index in [9.17, 15) is 4.79 Å². The number of hydrogen-bond donors (Lipinski definition) is 0. The second kappa shape index (κ2) is 6.82. The molecule has 0 radical (unpaired) electrons. The maximum atomic E-state index is 12.6. The van der Waals surface area contributed by atoms with Crippen LogP contribution in [0.4, 0.5) is 0 Å². The molecule has 1 atom stereocenters. The third-order valence-electron chi connectivity index (χ3n) is 5.10. The predicted octanol–water partition coefficient (Wildman–Crippen LogP) is 0.223. The summed E-state index contributed by atoms with van der Waals surface area (Å²) in [5, 5.41) is 4.13. The number of aromatic nitrogens is 2. The highest BCUT2D eigenvalue weighted by Crippen LogP contribution is 2.31. The molecular weight excluding hydrogens is 308 g/mol. The summed E-state index contributed by atoms with van der Waals surface area (Å²) in [6.07, 6.45) is 6.21. The summed E-state index contributed by atoms with van der Waals surface area (Å²) in [4.78, 5) is 17.0. The van der Waals surface area contributed by atoms with Gasteiger partial charge in [0.1, 0.15) is 12.1 Å². The highest BCUT2D eigenvalue weighted by molar-refractivity contribution is 5.76. The number of nitrogens with zero attached hydrogens (tertiary/aromatic N) is 4. The molecule has 1 aliphatic carbocycles. The largest absolute Gasteiger partial charge is 0.377 e. The van der Waals surface area contributed by atoms with E-state index in [4.69, 9.17) is 9.47 Å². The van der Waals surface area contributed by atoms with Crippen molar-refractivity contribution in [2.75, 3.05) is 52.5 Å². The van der Waals surface area contributed by atoms with Crippen molar-refractivity contribution in [2.24, 2.45) is 5.92 Å². The average Bonchev–Trinajstić information content (AvgIpc) is 3.29. The first-order valence-corrected chi connectivity index (χ1v) is 8.92. The maximum absolute atomic E-state index is 12.6. The molecule has 3 aliphatic rings. The highest BCUT2D eigenvalue weighted by atomic mass is 16.5. The van der Waals surface area contributed by atoms with Gasteiger partial charge >= 0.3 is 0 Å². The highest BCUT2D eigenvalue weighted by Gasteiger charge is 2.42. The first-order chi connectivity index (χ1) is 11.7. The number of amides is 1. The zero-order valence-corrected chi connectivity index (χ0v) is 14.1. The summed E-state index contributed by atoms with van der Waals surface area (Å²) in [6.45, 7) is 6.38. The standard InChI is InChI=1S/C17H26N4O3/c22-16(11-21-5-1-4-18-21)20-7-9-24-17(13-20)12-19(6-8-23-14-17)10-15-2-3-15/h1,4-5,15H,2-3,6-14H2/t17-/m1/s1. The lowest BCUT2D eigenvalue weighted by atomic mass is 10.0. The molecule has 4 rings (SSSR count). The Morgan fingerprint density at radius 3 is 2.96 bits per heavy atom. The Kier molecular flexibility index (Phi) is 4.56. The van der Waals surface area contributed by atoms with Crippen LogP contribution in [-0.2, 0) is 20.8 Å². The van der Waals surface area contributed by atoms with Crippen molar-refractivity contribution < 1.29 is 14.3 Å². The SMILES string of the molecule is O=C(Cn1cccn1)N1CCO[C@@]2(COCCN(CC3CC3)C2)C1. The average molecular weight is 334 g/mol. The minimum absolute atomic E-state index is 0.0966. The van der Waals surface area contributed by atoms with Crippen LogP contribution in [0.5, 0.6) is 0 Å². The molecule has 132 valence electrons. The normalized spacial score (nSPS) is 28.9. The molecule has 7 heteroatoms. The maximum Gasteiger partial charge on any atom is 0.244 e. The molecule has 0 unspecified atom stereocenters. The third-order valence-corrected chi connectivity index (χ3v) is 5.10. The first kappa shape index (κ1) is 16.1. The fourth-order valence-electron chi connectivity index (χ4n) is 3.68. The molecule has 2 aliphatic heterocycles. The molecule has 1 spiro atoms. The number of hydrogen-bond acceptors (Lipinski definition) is 5. The second-order valence-electron chi connectivity index (χ2n) is 7.28. The molecule has 3 fully saturated rings. The van der Waals surface area contributed by atoms with Crippen molar-refractivity contribution >= 4 is 5.91 Å². The Labute approximate surface area is 142 Å². The smallest absolute Gasteiger partial charge is 0.244 e. The molecular formula is C17H26N4O3. The van der Waals surface area contributed by atoms with Gasteiger partial charge in [0.2, 0.25) is 5.91 Å². The molecule has 7 nitrogen and oxygen atoms in total. The van der Waals surface area contributed by atoms with Crippen molar-refractivity contribution in [3.63, 3.8) is 0 Å². The molecule has 1 aromatic rings. The summed E-state index contributed by atoms with van der Waals surface area (Å²) < 4.78 is 13.7. The number of carbonyl (C=O) groups excluding carboxylic acids is 1. The van der Waals surface area contributed by atoms with Crippen LogP contribution in [0.3, 0.4) is 0 Å². The molecule has 24 heavy (non-hydrogen) atoms. The van der Waals surface area contributed by atoms with Gasteiger partial charge in [-0.25, -0.2) is 0 Å². The molecule has 0 N–H and O–H groups in total. The second-order valence-corrected chi connectivity index (χ2v) is 7.28. The Morgan fingerprint density at radius 2 is 2.17 bits per heavy atom. The van der Waals surface area contributed by atoms with Gasteiger partial charge < -0.3 is 14.4 Å². The van der Waals surface area contributed by atoms with Gasteiger partial charge in [-0.05, 0) is 24.8 Å². The monoisotopic (exact) mass is 334 g/mol. The Morgan fingerprint density at radius 1 is 1.25 bits per heavy atom. The number of carbonyl (C=O) groups is 1. The molecule has 1 aromatic heterocycles. The van der Waals surface area contributed by atoms with Crippen LogP contribution in [0.1, 0.15) is 12.8 Å². The van der Waals surface area contributed by atoms with Gasteiger partial charge in [0.15, 0.2) is 0 Å². The van der Waals surface area contributed by atoms with E-state index in [-0.39, 0.29) is 18.1 Å². The zero-order chi connectivity index (χ0) is 16.4. The fourth-order valence-corrected chi connectivity index (χ4v) is 3.68. The molecule has 2 saturated heterocycles. The Hall–Kier alpha value is -1.44. The summed E-state index contributed by atoms with van der Waals surface area (Å²) in [5.41, 5.74) is -0.385. The number of morpholine rings is 1. The molecule has 0 aromatic carbocycles. The molecule has 1 amide bonds. The quantitative estimate of drug-likeness (QED) is 0.788. The van der Waals surface area contributed by atoms with Crippen LogP contribution in [-0.4, -0.2) is 83.6 Å². The first-order valence-electron chi connectivity index (χ1n) is 8.92. The zero-order valence-electron chi connectivity index (χ0n) is 14.1. The lowest BCUT2D eigenvalue weighted by Crippen LogP contribution is -2.60. The predicted molar refractivity (Wildman–Crippen MR) is 87.5 cm³/mol. The molecule has 1 saturated carbocycles. The van der Waals surface area contributed by atoms with Gasteiger partial charge in [0, 0.05) is 38.6 Å². The fraction of sp³-hybridized carbons (Fsp3) is 0.765. The summed E-state index contributed by atoms with van der Waals surface area (Å²) in [7, 11) is 0. The van der Waals surface area contributed by atoms with E-state index < -0.39 is 0 Å². The van der Waals surface area contributed by atoms with E-state index in [1.54, 1.807) is 10.9 Å². The lowest BCUT2D eigenvalue weighted by molar-refractivity contribution is -0.162. The third kappa shape index (κ3) is 3.79. The minimum atomic E-state index is -0.385. The van der Waals surface area contributed by atoms with Gasteiger partial charge in [-0.3, -0.25) is 14.4 Å². The van der Waals surface area contributed by atoms with Crippen LogP contribution in [0, 0.1) is 5.92 Å².